The van der Waals surface area contributed by atoms with Crippen LogP contribution in [0, 0.1) is 6.92 Å². The molecule has 32 heavy (non-hydrogen) atoms. The van der Waals surface area contributed by atoms with Gasteiger partial charge in [0.2, 0.25) is 5.82 Å². The van der Waals surface area contributed by atoms with Gasteiger partial charge in [-0.2, -0.15) is 10.1 Å². The molecule has 0 saturated carbocycles. The number of fused-ring (bicyclic) bond motifs is 1. The summed E-state index contributed by atoms with van der Waals surface area (Å²) in [6.45, 7) is 2.99. The fourth-order valence-electron chi connectivity index (χ4n) is 3.46. The zero-order chi connectivity index (χ0) is 22.3. The Hall–Kier alpha value is -3.66. The third-order valence-corrected chi connectivity index (χ3v) is 5.07. The molecule has 1 aliphatic heterocycles. The minimum Gasteiger partial charge on any atom is -0.406 e. The molecule has 3 heterocycles. The molecule has 4 aromatic rings. The maximum atomic E-state index is 12.3. The predicted molar refractivity (Wildman–Crippen MR) is 106 cm³/mol. The molecule has 0 saturated heterocycles. The summed E-state index contributed by atoms with van der Waals surface area (Å²) in [7, 11) is 0. The molecular weight excluding hydrogens is 425 g/mol. The first-order valence-electron chi connectivity index (χ1n) is 9.79. The quantitative estimate of drug-likeness (QED) is 0.439. The van der Waals surface area contributed by atoms with Crippen molar-refractivity contribution in [3.8, 4) is 28.7 Å². The fraction of sp³-hybridized carbons (Fsp3) is 0.227. The number of ether oxygens (including phenoxy) is 2. The molecule has 5 rings (SSSR count). The summed E-state index contributed by atoms with van der Waals surface area (Å²) < 4.78 is 54.0. The molecule has 1 atom stereocenters. The molecule has 1 aliphatic rings. The van der Waals surface area contributed by atoms with Crippen LogP contribution in [0.1, 0.15) is 22.9 Å². The predicted octanol–water partition coefficient (Wildman–Crippen LogP) is 5.08. The van der Waals surface area contributed by atoms with Gasteiger partial charge >= 0.3 is 6.36 Å². The third kappa shape index (κ3) is 4.22. The van der Waals surface area contributed by atoms with Gasteiger partial charge in [-0.25, -0.2) is 0 Å². The second-order valence-corrected chi connectivity index (χ2v) is 7.41. The highest BCUT2D eigenvalue weighted by Gasteiger charge is 2.31. The summed E-state index contributed by atoms with van der Waals surface area (Å²) in [4.78, 5) is 4.33. The number of benzene rings is 2. The maximum Gasteiger partial charge on any atom is 0.573 e. The SMILES string of the molecule is Cc1ccc(C2Cn3nc(-c4nc(-c5ccc(OC(F)(F)F)cc5)no4)cc3CO2)cc1. The lowest BCUT2D eigenvalue weighted by Crippen LogP contribution is -2.21. The smallest absolute Gasteiger partial charge is 0.406 e. The van der Waals surface area contributed by atoms with Crippen molar-refractivity contribution in [1.29, 1.82) is 0 Å². The van der Waals surface area contributed by atoms with E-state index in [0.717, 1.165) is 11.3 Å². The fourth-order valence-corrected chi connectivity index (χ4v) is 3.46. The molecule has 7 nitrogen and oxygen atoms in total. The van der Waals surface area contributed by atoms with Crippen molar-refractivity contribution in [2.45, 2.75) is 32.5 Å². The second kappa shape index (κ2) is 7.79. The Morgan fingerprint density at radius 2 is 1.81 bits per heavy atom. The second-order valence-electron chi connectivity index (χ2n) is 7.41. The molecule has 0 spiro atoms. The van der Waals surface area contributed by atoms with Crippen molar-refractivity contribution < 1.29 is 27.2 Å². The molecule has 0 radical (unpaired) electrons. The Kier molecular flexibility index (Phi) is 4.93. The van der Waals surface area contributed by atoms with Crippen LogP contribution in [0.5, 0.6) is 5.75 Å². The lowest BCUT2D eigenvalue weighted by atomic mass is 10.1. The molecule has 164 valence electrons. The zero-order valence-electron chi connectivity index (χ0n) is 16.8. The van der Waals surface area contributed by atoms with E-state index >= 15 is 0 Å². The number of hydrogen-bond donors (Lipinski definition) is 0. The molecule has 0 fully saturated rings. The average Bonchev–Trinajstić information content (AvgIpc) is 3.40. The Labute approximate surface area is 180 Å². The van der Waals surface area contributed by atoms with Gasteiger partial charge in [0.05, 0.1) is 18.8 Å². The van der Waals surface area contributed by atoms with Gasteiger partial charge < -0.3 is 14.0 Å². The van der Waals surface area contributed by atoms with Gasteiger partial charge in [-0.15, -0.1) is 13.2 Å². The first kappa shape index (κ1) is 20.3. The highest BCUT2D eigenvalue weighted by Crippen LogP contribution is 2.30. The standard InChI is InChI=1S/C22H17F3N4O3/c1-13-2-4-14(5-3-13)19-11-29-16(12-30-19)10-18(27-29)21-26-20(28-32-21)15-6-8-17(9-7-15)31-22(23,24)25/h2-10,19H,11-12H2,1H3. The van der Waals surface area contributed by atoms with Crippen molar-refractivity contribution in [3.63, 3.8) is 0 Å². The summed E-state index contributed by atoms with van der Waals surface area (Å²) in [6, 6.07) is 15.2. The number of rotatable bonds is 4. The highest BCUT2D eigenvalue weighted by molar-refractivity contribution is 5.59. The van der Waals surface area contributed by atoms with Crippen LogP contribution in [0.3, 0.4) is 0 Å². The van der Waals surface area contributed by atoms with Gasteiger partial charge in [0, 0.05) is 5.56 Å². The van der Waals surface area contributed by atoms with Crippen molar-refractivity contribution in [2.75, 3.05) is 0 Å². The Balaban J connectivity index is 1.33. The van der Waals surface area contributed by atoms with Crippen LogP contribution < -0.4 is 4.74 Å². The van der Waals surface area contributed by atoms with Crippen LogP contribution in [0.15, 0.2) is 59.1 Å². The van der Waals surface area contributed by atoms with Gasteiger partial charge in [-0.3, -0.25) is 4.68 Å². The van der Waals surface area contributed by atoms with Crippen molar-refractivity contribution >= 4 is 0 Å². The molecule has 0 amide bonds. The Morgan fingerprint density at radius 3 is 2.53 bits per heavy atom. The van der Waals surface area contributed by atoms with Gasteiger partial charge in [-0.05, 0) is 42.8 Å². The summed E-state index contributed by atoms with van der Waals surface area (Å²) in [5.41, 5.74) is 4.14. The van der Waals surface area contributed by atoms with E-state index in [2.05, 4.69) is 20.0 Å². The van der Waals surface area contributed by atoms with E-state index < -0.39 is 6.36 Å². The molecule has 0 N–H and O–H groups in total. The van der Waals surface area contributed by atoms with E-state index in [1.54, 1.807) is 0 Å². The van der Waals surface area contributed by atoms with Crippen LogP contribution >= 0.6 is 0 Å². The van der Waals surface area contributed by atoms with Crippen LogP contribution in [0.2, 0.25) is 0 Å². The summed E-state index contributed by atoms with van der Waals surface area (Å²) in [5, 5.41) is 8.49. The van der Waals surface area contributed by atoms with E-state index in [1.165, 1.54) is 29.8 Å². The van der Waals surface area contributed by atoms with Gasteiger partial charge in [0.15, 0.2) is 5.69 Å². The molecule has 0 aliphatic carbocycles. The minimum absolute atomic E-state index is 0.105. The summed E-state index contributed by atoms with van der Waals surface area (Å²) >= 11 is 0. The zero-order valence-corrected chi connectivity index (χ0v) is 16.8. The number of alkyl halides is 3. The molecule has 2 aromatic carbocycles. The van der Waals surface area contributed by atoms with Crippen LogP contribution in [-0.4, -0.2) is 26.3 Å². The minimum atomic E-state index is -4.75. The first-order valence-corrected chi connectivity index (χ1v) is 9.79. The first-order chi connectivity index (χ1) is 15.3. The van der Waals surface area contributed by atoms with Gasteiger partial charge in [-0.1, -0.05) is 35.0 Å². The molecule has 10 heteroatoms. The number of hydrogen-bond acceptors (Lipinski definition) is 6. The summed E-state index contributed by atoms with van der Waals surface area (Å²) in [6.07, 6.45) is -4.85. The van der Waals surface area contributed by atoms with E-state index in [1.807, 2.05) is 41.9 Å². The van der Waals surface area contributed by atoms with Gasteiger partial charge in [0.25, 0.3) is 5.89 Å². The van der Waals surface area contributed by atoms with Crippen molar-refractivity contribution in [2.24, 2.45) is 0 Å². The lowest BCUT2D eigenvalue weighted by molar-refractivity contribution is -0.274. The topological polar surface area (TPSA) is 75.2 Å². The van der Waals surface area contributed by atoms with Crippen LogP contribution in [0.4, 0.5) is 13.2 Å². The average molecular weight is 442 g/mol. The molecule has 0 bridgehead atoms. The molecular formula is C22H17F3N4O3. The molecule has 2 aromatic heterocycles. The monoisotopic (exact) mass is 442 g/mol. The molecule has 1 unspecified atom stereocenters. The van der Waals surface area contributed by atoms with Crippen molar-refractivity contribution in [3.05, 3.63) is 71.4 Å². The largest absolute Gasteiger partial charge is 0.573 e. The Morgan fingerprint density at radius 1 is 1.06 bits per heavy atom. The Bertz CT molecular complexity index is 1230. The van der Waals surface area contributed by atoms with Crippen LogP contribution in [0.25, 0.3) is 23.0 Å². The van der Waals surface area contributed by atoms with E-state index in [0.29, 0.717) is 24.4 Å². The number of aryl methyl sites for hydroxylation is 1. The lowest BCUT2D eigenvalue weighted by Gasteiger charge is -2.24. The van der Waals surface area contributed by atoms with E-state index in [4.69, 9.17) is 9.26 Å². The summed E-state index contributed by atoms with van der Waals surface area (Å²) in [5.74, 6) is 0.123. The van der Waals surface area contributed by atoms with E-state index in [9.17, 15) is 13.2 Å². The third-order valence-electron chi connectivity index (χ3n) is 5.07. The maximum absolute atomic E-state index is 12.3. The van der Waals surface area contributed by atoms with Crippen molar-refractivity contribution in [1.82, 2.24) is 19.9 Å². The van der Waals surface area contributed by atoms with Crippen LogP contribution in [-0.2, 0) is 17.9 Å². The number of halogens is 3. The van der Waals surface area contributed by atoms with E-state index in [-0.39, 0.29) is 23.6 Å². The normalized spacial score (nSPS) is 16.1. The van der Waals surface area contributed by atoms with Gasteiger partial charge in [0.1, 0.15) is 11.9 Å². The number of nitrogens with zero attached hydrogens (tertiary/aromatic N) is 4. The highest BCUT2D eigenvalue weighted by atomic mass is 19.4. The number of aromatic nitrogens is 4.